The number of hydrogen-bond acceptors (Lipinski definition) is 6. The highest BCUT2D eigenvalue weighted by molar-refractivity contribution is 7.13. The molecule has 7 heteroatoms. The van der Waals surface area contributed by atoms with Gasteiger partial charge in [0.05, 0.1) is 32.4 Å². The van der Waals surface area contributed by atoms with Crippen LogP contribution in [0.2, 0.25) is 0 Å². The largest absolute Gasteiger partial charge is 0.493 e. The van der Waals surface area contributed by atoms with Crippen molar-refractivity contribution in [1.29, 1.82) is 0 Å². The first kappa shape index (κ1) is 21.8. The van der Waals surface area contributed by atoms with Crippen molar-refractivity contribution in [1.82, 2.24) is 10.3 Å². The molecule has 0 saturated carbocycles. The third-order valence-corrected chi connectivity index (χ3v) is 6.11. The molecule has 164 valence electrons. The van der Waals surface area contributed by atoms with E-state index in [0.29, 0.717) is 17.2 Å². The quantitative estimate of drug-likeness (QED) is 0.418. The van der Waals surface area contributed by atoms with Crippen LogP contribution in [0.25, 0.3) is 21.3 Å². The molecular formula is C25H24N2O4S. The van der Waals surface area contributed by atoms with Gasteiger partial charge in [-0.25, -0.2) is 4.98 Å². The van der Waals surface area contributed by atoms with Crippen molar-refractivity contribution in [3.05, 3.63) is 77.3 Å². The lowest BCUT2D eigenvalue weighted by Gasteiger charge is -2.13. The Morgan fingerprint density at radius 3 is 2.59 bits per heavy atom. The van der Waals surface area contributed by atoms with Gasteiger partial charge < -0.3 is 19.9 Å². The van der Waals surface area contributed by atoms with E-state index in [9.17, 15) is 9.90 Å². The van der Waals surface area contributed by atoms with Crippen LogP contribution in [-0.2, 0) is 11.2 Å². The fourth-order valence-electron chi connectivity index (χ4n) is 3.46. The summed E-state index contributed by atoms with van der Waals surface area (Å²) >= 11 is 1.46. The van der Waals surface area contributed by atoms with E-state index >= 15 is 0 Å². The zero-order chi connectivity index (χ0) is 22.5. The van der Waals surface area contributed by atoms with Crippen LogP contribution in [0, 0.1) is 0 Å². The summed E-state index contributed by atoms with van der Waals surface area (Å²) in [5, 5.41) is 18.1. The summed E-state index contributed by atoms with van der Waals surface area (Å²) in [6.45, 7) is 0.143. The Balaban J connectivity index is 1.36. The van der Waals surface area contributed by atoms with Gasteiger partial charge in [0, 0.05) is 17.5 Å². The molecule has 4 aromatic rings. The van der Waals surface area contributed by atoms with Crippen molar-refractivity contribution in [3.8, 4) is 22.1 Å². The lowest BCUT2D eigenvalue weighted by atomic mass is 10.0. The summed E-state index contributed by atoms with van der Waals surface area (Å²) in [6, 6.07) is 19.4. The van der Waals surface area contributed by atoms with Gasteiger partial charge >= 0.3 is 0 Å². The SMILES string of the molecule is COc1ccc(-c2nc(CC(=O)NCC(O)c3ccc4ccccc4c3)cs2)cc1OC. The van der Waals surface area contributed by atoms with Crippen molar-refractivity contribution in [2.75, 3.05) is 20.8 Å². The molecule has 1 aromatic heterocycles. The minimum atomic E-state index is -0.777. The second-order valence-corrected chi connectivity index (χ2v) is 8.18. The van der Waals surface area contributed by atoms with Gasteiger partial charge in [-0.05, 0) is 40.6 Å². The standard InChI is InChI=1S/C25H24N2O4S/c1-30-22-10-9-19(12-23(22)31-2)25-27-20(15-32-25)13-24(29)26-14-21(28)18-8-7-16-5-3-4-6-17(16)11-18/h3-12,15,21,28H,13-14H2,1-2H3,(H,26,29). The minimum absolute atomic E-state index is 0.143. The third kappa shape index (κ3) is 4.90. The van der Waals surface area contributed by atoms with Gasteiger partial charge in [-0.15, -0.1) is 11.3 Å². The highest BCUT2D eigenvalue weighted by Crippen LogP contribution is 2.33. The number of carbonyl (C=O) groups excluding carboxylic acids is 1. The number of amides is 1. The number of nitrogens with one attached hydrogen (secondary N) is 1. The molecule has 1 amide bonds. The summed E-state index contributed by atoms with van der Waals surface area (Å²) < 4.78 is 10.6. The summed E-state index contributed by atoms with van der Waals surface area (Å²) in [6.07, 6.45) is -0.630. The number of nitrogens with zero attached hydrogens (tertiary/aromatic N) is 1. The Kier molecular flexibility index (Phi) is 6.68. The Morgan fingerprint density at radius 2 is 1.81 bits per heavy atom. The predicted molar refractivity (Wildman–Crippen MR) is 126 cm³/mol. The van der Waals surface area contributed by atoms with Crippen molar-refractivity contribution < 1.29 is 19.4 Å². The summed E-state index contributed by atoms with van der Waals surface area (Å²) in [7, 11) is 3.18. The van der Waals surface area contributed by atoms with Crippen LogP contribution in [0.1, 0.15) is 17.4 Å². The molecule has 1 atom stereocenters. The topological polar surface area (TPSA) is 80.7 Å². The molecular weight excluding hydrogens is 424 g/mol. The van der Waals surface area contributed by atoms with Crippen molar-refractivity contribution in [3.63, 3.8) is 0 Å². The number of methoxy groups -OCH3 is 2. The number of aliphatic hydroxyl groups excluding tert-OH is 1. The Bertz CT molecular complexity index is 1240. The average molecular weight is 449 g/mol. The molecule has 4 rings (SSSR count). The van der Waals surface area contributed by atoms with E-state index < -0.39 is 6.10 Å². The zero-order valence-corrected chi connectivity index (χ0v) is 18.7. The molecule has 0 saturated heterocycles. The molecule has 32 heavy (non-hydrogen) atoms. The molecule has 2 N–H and O–H groups in total. The Hall–Kier alpha value is -3.42. The fourth-order valence-corrected chi connectivity index (χ4v) is 4.28. The lowest BCUT2D eigenvalue weighted by Crippen LogP contribution is -2.29. The summed E-state index contributed by atoms with van der Waals surface area (Å²) in [4.78, 5) is 17.0. The highest BCUT2D eigenvalue weighted by atomic mass is 32.1. The maximum Gasteiger partial charge on any atom is 0.226 e. The van der Waals surface area contributed by atoms with Crippen molar-refractivity contribution in [2.45, 2.75) is 12.5 Å². The number of hydrogen-bond donors (Lipinski definition) is 2. The number of fused-ring (bicyclic) bond motifs is 1. The fraction of sp³-hybridized carbons (Fsp3) is 0.200. The highest BCUT2D eigenvalue weighted by Gasteiger charge is 2.14. The van der Waals surface area contributed by atoms with Crippen molar-refractivity contribution >= 4 is 28.0 Å². The lowest BCUT2D eigenvalue weighted by molar-refractivity contribution is -0.120. The van der Waals surface area contributed by atoms with Crippen LogP contribution in [0.3, 0.4) is 0 Å². The van der Waals surface area contributed by atoms with Crippen LogP contribution in [0.5, 0.6) is 11.5 Å². The van der Waals surface area contributed by atoms with Gasteiger partial charge in [0.25, 0.3) is 0 Å². The molecule has 0 bridgehead atoms. The van der Waals surface area contributed by atoms with E-state index in [1.165, 1.54) is 11.3 Å². The number of carbonyl (C=O) groups is 1. The van der Waals surface area contributed by atoms with Gasteiger partial charge in [0.1, 0.15) is 5.01 Å². The number of benzene rings is 3. The normalized spacial score (nSPS) is 11.8. The monoisotopic (exact) mass is 448 g/mol. The van der Waals surface area contributed by atoms with Gasteiger partial charge in [-0.3, -0.25) is 4.79 Å². The molecule has 0 aliphatic carbocycles. The summed E-state index contributed by atoms with van der Waals surface area (Å²) in [5.74, 6) is 1.09. The van der Waals surface area contributed by atoms with Gasteiger partial charge in [-0.1, -0.05) is 36.4 Å². The predicted octanol–water partition coefficient (Wildman–Crippen LogP) is 4.37. The second-order valence-electron chi connectivity index (χ2n) is 7.32. The van der Waals surface area contributed by atoms with E-state index in [2.05, 4.69) is 10.3 Å². The first-order valence-electron chi connectivity index (χ1n) is 10.2. The molecule has 1 heterocycles. The molecule has 0 aliphatic heterocycles. The molecule has 0 fully saturated rings. The van der Waals surface area contributed by atoms with E-state index in [-0.39, 0.29) is 18.9 Å². The third-order valence-electron chi connectivity index (χ3n) is 5.17. The molecule has 3 aromatic carbocycles. The maximum absolute atomic E-state index is 12.4. The van der Waals surface area contributed by atoms with Gasteiger partial charge in [0.2, 0.25) is 5.91 Å². The van der Waals surface area contributed by atoms with Gasteiger partial charge in [0.15, 0.2) is 11.5 Å². The van der Waals surface area contributed by atoms with Gasteiger partial charge in [-0.2, -0.15) is 0 Å². The number of aliphatic hydroxyl groups is 1. The second kappa shape index (κ2) is 9.80. The van der Waals surface area contributed by atoms with E-state index in [0.717, 1.165) is 26.9 Å². The molecule has 6 nitrogen and oxygen atoms in total. The number of ether oxygens (including phenoxy) is 2. The molecule has 1 unspecified atom stereocenters. The van der Waals surface area contributed by atoms with Crippen LogP contribution in [0.15, 0.2) is 66.0 Å². The maximum atomic E-state index is 12.4. The first-order valence-corrected chi connectivity index (χ1v) is 11.1. The van der Waals surface area contributed by atoms with Crippen molar-refractivity contribution in [2.24, 2.45) is 0 Å². The Morgan fingerprint density at radius 1 is 1.03 bits per heavy atom. The molecule has 0 aliphatic rings. The van der Waals surface area contributed by atoms with E-state index in [1.54, 1.807) is 14.2 Å². The number of aromatic nitrogens is 1. The zero-order valence-electron chi connectivity index (χ0n) is 17.9. The summed E-state index contributed by atoms with van der Waals surface area (Å²) in [5.41, 5.74) is 2.34. The number of rotatable bonds is 8. The van der Waals surface area contributed by atoms with Crippen LogP contribution in [0.4, 0.5) is 0 Å². The molecule has 0 radical (unpaired) electrons. The average Bonchev–Trinajstić information content (AvgIpc) is 3.30. The van der Waals surface area contributed by atoms with Crippen LogP contribution >= 0.6 is 11.3 Å². The number of thiazole rings is 1. The van der Waals surface area contributed by atoms with Crippen LogP contribution < -0.4 is 14.8 Å². The van der Waals surface area contributed by atoms with Crippen LogP contribution in [-0.4, -0.2) is 36.8 Å². The first-order chi connectivity index (χ1) is 15.6. The van der Waals surface area contributed by atoms with E-state index in [1.807, 2.05) is 66.0 Å². The Labute approximate surface area is 190 Å². The van der Waals surface area contributed by atoms with E-state index in [4.69, 9.17) is 9.47 Å². The molecule has 0 spiro atoms. The minimum Gasteiger partial charge on any atom is -0.493 e. The smallest absolute Gasteiger partial charge is 0.226 e.